The van der Waals surface area contributed by atoms with Crippen molar-refractivity contribution >= 4 is 40.4 Å². The number of carbonyl (C=O) groups is 1. The number of aliphatic hydroxyl groups is 1. The molecule has 2 aromatic rings. The Hall–Kier alpha value is -3.14. The molecule has 2 aliphatic carbocycles. The number of hydrogen-bond donors (Lipinski definition) is 3. The third kappa shape index (κ3) is 7.79. The van der Waals surface area contributed by atoms with Crippen molar-refractivity contribution in [3.05, 3.63) is 69.3 Å². The number of halogens is 3. The second-order valence-corrected chi connectivity index (χ2v) is 12.8. The van der Waals surface area contributed by atoms with Crippen molar-refractivity contribution in [3.63, 3.8) is 0 Å². The second kappa shape index (κ2) is 15.8. The summed E-state index contributed by atoms with van der Waals surface area (Å²) < 4.78 is 36.5. The van der Waals surface area contributed by atoms with Crippen LogP contribution in [0.2, 0.25) is 5.02 Å². The number of aliphatic hydroxyl groups excluding tert-OH is 1. The maximum absolute atomic E-state index is 15.7. The summed E-state index contributed by atoms with van der Waals surface area (Å²) >= 11 is 6.63. The molecule has 10 heteroatoms. The van der Waals surface area contributed by atoms with Crippen LogP contribution >= 0.6 is 11.6 Å². The molecule has 47 heavy (non-hydrogen) atoms. The van der Waals surface area contributed by atoms with Crippen LogP contribution < -0.4 is 10.6 Å². The highest BCUT2D eigenvalue weighted by Gasteiger charge is 2.52. The van der Waals surface area contributed by atoms with Crippen LogP contribution in [0.3, 0.4) is 0 Å². The zero-order valence-electron chi connectivity index (χ0n) is 28.6. The number of pyridine rings is 1. The van der Waals surface area contributed by atoms with Gasteiger partial charge >= 0.3 is 0 Å². The monoisotopic (exact) mass is 670 g/mol. The van der Waals surface area contributed by atoms with Crippen molar-refractivity contribution in [3.8, 4) is 0 Å². The number of allylic oxidation sites excluding steroid dienone is 4. The highest BCUT2D eigenvalue weighted by atomic mass is 35.5. The molecule has 1 saturated carbocycles. The van der Waals surface area contributed by atoms with Crippen molar-refractivity contribution in [1.82, 2.24) is 4.98 Å². The first-order chi connectivity index (χ1) is 22.5. The Labute approximate surface area is 283 Å². The third-order valence-corrected chi connectivity index (χ3v) is 9.77. The van der Waals surface area contributed by atoms with Crippen LogP contribution in [0.5, 0.6) is 0 Å². The molecule has 3 aliphatic rings. The normalized spacial score (nSPS) is 24.7. The Kier molecular flexibility index (Phi) is 12.4. The van der Waals surface area contributed by atoms with Gasteiger partial charge in [-0.15, -0.1) is 0 Å². The summed E-state index contributed by atoms with van der Waals surface area (Å²) in [6.07, 6.45) is 7.38. The van der Waals surface area contributed by atoms with Gasteiger partial charge in [0.15, 0.2) is 17.3 Å². The summed E-state index contributed by atoms with van der Waals surface area (Å²) in [5.41, 5.74) is 2.44. The molecular formula is C37H49ClF2N4O3. The molecule has 1 saturated heterocycles. The maximum Gasteiger partial charge on any atom is 0.193 e. The van der Waals surface area contributed by atoms with E-state index >= 15 is 4.39 Å². The predicted octanol–water partition coefficient (Wildman–Crippen LogP) is 9.29. The van der Waals surface area contributed by atoms with E-state index in [9.17, 15) is 14.3 Å². The zero-order valence-corrected chi connectivity index (χ0v) is 29.4. The first kappa shape index (κ1) is 36.7. The average molecular weight is 671 g/mol. The number of aliphatic imine (C=N–C) groups is 1. The van der Waals surface area contributed by atoms with E-state index < -0.39 is 35.2 Å². The van der Waals surface area contributed by atoms with E-state index in [0.29, 0.717) is 71.5 Å². The smallest absolute Gasteiger partial charge is 0.193 e. The van der Waals surface area contributed by atoms with Crippen LogP contribution in [0.15, 0.2) is 41.2 Å². The van der Waals surface area contributed by atoms with Gasteiger partial charge in [0.05, 0.1) is 23.8 Å². The molecule has 256 valence electrons. The van der Waals surface area contributed by atoms with Gasteiger partial charge in [0, 0.05) is 23.8 Å². The van der Waals surface area contributed by atoms with Crippen molar-refractivity contribution in [2.24, 2.45) is 16.8 Å². The molecule has 2 fully saturated rings. The van der Waals surface area contributed by atoms with Gasteiger partial charge in [-0.05, 0) is 92.8 Å². The minimum Gasteiger partial charge on any atom is -0.390 e. The lowest BCUT2D eigenvalue weighted by Crippen LogP contribution is -2.33. The van der Waals surface area contributed by atoms with Gasteiger partial charge in [-0.2, -0.15) is 0 Å². The van der Waals surface area contributed by atoms with Crippen LogP contribution in [0.25, 0.3) is 5.57 Å². The number of carbonyl (C=O) groups excluding carboxylic acids is 1. The molecule has 0 amide bonds. The number of hydrogen-bond acceptors (Lipinski definition) is 6. The summed E-state index contributed by atoms with van der Waals surface area (Å²) in [6, 6.07) is 4.71. The molecule has 5 atom stereocenters. The van der Waals surface area contributed by atoms with E-state index in [1.165, 1.54) is 12.1 Å². The molecule has 5 rings (SSSR count). The molecule has 0 spiro atoms. The van der Waals surface area contributed by atoms with Gasteiger partial charge in [-0.25, -0.2) is 18.8 Å². The van der Waals surface area contributed by atoms with Gasteiger partial charge in [0.2, 0.25) is 0 Å². The molecule has 0 radical (unpaired) electrons. The van der Waals surface area contributed by atoms with Gasteiger partial charge in [-0.1, -0.05) is 58.4 Å². The van der Waals surface area contributed by atoms with Gasteiger partial charge < -0.3 is 20.5 Å². The number of anilines is 2. The van der Waals surface area contributed by atoms with E-state index in [0.717, 1.165) is 30.4 Å². The van der Waals surface area contributed by atoms with Crippen molar-refractivity contribution in [2.45, 2.75) is 111 Å². The quantitative estimate of drug-likeness (QED) is 0.101. The molecule has 0 bridgehead atoms. The summed E-state index contributed by atoms with van der Waals surface area (Å²) in [6.45, 7) is 13.5. The summed E-state index contributed by atoms with van der Waals surface area (Å²) in [5, 5.41) is 17.5. The largest absolute Gasteiger partial charge is 0.390 e. The van der Waals surface area contributed by atoms with Gasteiger partial charge in [0.25, 0.3) is 0 Å². The Bertz CT molecular complexity index is 1560. The topological polar surface area (TPSA) is 95.8 Å². The number of fused-ring (bicyclic) bond motifs is 2. The van der Waals surface area contributed by atoms with Crippen LogP contribution in [-0.4, -0.2) is 40.1 Å². The first-order valence-corrected chi connectivity index (χ1v) is 17.4. The molecule has 3 N–H and O–H groups in total. The van der Waals surface area contributed by atoms with Crippen molar-refractivity contribution < 1.29 is 23.4 Å². The lowest BCUT2D eigenvalue weighted by Gasteiger charge is -2.26. The number of aryl methyl sites for hydroxylation is 2. The number of rotatable bonds is 10. The minimum atomic E-state index is -0.824. The predicted molar refractivity (Wildman–Crippen MR) is 187 cm³/mol. The molecule has 1 aromatic heterocycles. The molecule has 7 nitrogen and oxygen atoms in total. The van der Waals surface area contributed by atoms with E-state index in [1.807, 2.05) is 46.8 Å². The Morgan fingerprint density at radius 2 is 2.00 bits per heavy atom. The van der Waals surface area contributed by atoms with Crippen molar-refractivity contribution in [2.75, 3.05) is 17.2 Å². The van der Waals surface area contributed by atoms with E-state index in [-0.39, 0.29) is 12.0 Å². The lowest BCUT2D eigenvalue weighted by molar-refractivity contribution is -0.120. The number of ketones is 1. The molecule has 1 aromatic carbocycles. The Morgan fingerprint density at radius 1 is 1.26 bits per heavy atom. The number of Topliss-reactive ketones (excluding diaryl/α,β-unsaturated/α-hetero) is 1. The number of nitrogens with zero attached hydrogens (tertiary/aromatic N) is 2. The van der Waals surface area contributed by atoms with Crippen LogP contribution in [0.4, 0.5) is 20.4 Å². The maximum atomic E-state index is 15.7. The minimum absolute atomic E-state index is 0.0126. The van der Waals surface area contributed by atoms with Crippen LogP contribution in [0.1, 0.15) is 108 Å². The van der Waals surface area contributed by atoms with Gasteiger partial charge in [-0.3, -0.25) is 4.79 Å². The van der Waals surface area contributed by atoms with E-state index in [1.54, 1.807) is 19.9 Å². The van der Waals surface area contributed by atoms with Crippen LogP contribution in [-0.2, 0) is 16.0 Å². The standard InChI is InChI=1S/C35H43ClF2N4O3.C2H6/c1-6-19(4)32(44)27(38)16-21(7-2)23-15-22-11-12-28(31(22)26(37)17-23)39-34-25(36)14-20(5)33(41-34)40-30(8-3)42-35-13-9-10-24(35)29(43)18-45-35;1-2/h7,14-17,19,24,28-29,43H,6,8-13,18H2,1-5H3,(H2,39,40,41,42);1-2H3/b21-7+,27-16+;/t19?,24-,28?,29?,35-;/m1./s1. The number of amidine groups is 1. The fourth-order valence-corrected chi connectivity index (χ4v) is 6.96. The number of ether oxygens (including phenoxy) is 1. The summed E-state index contributed by atoms with van der Waals surface area (Å²) in [7, 11) is 0. The summed E-state index contributed by atoms with van der Waals surface area (Å²) in [4.78, 5) is 22.1. The average Bonchev–Trinajstić information content (AvgIpc) is 3.76. The van der Waals surface area contributed by atoms with E-state index in [4.69, 9.17) is 26.3 Å². The van der Waals surface area contributed by atoms with Crippen LogP contribution in [0, 0.1) is 24.6 Å². The molecule has 2 heterocycles. The highest BCUT2D eigenvalue weighted by Crippen LogP contribution is 2.47. The number of aromatic nitrogens is 1. The highest BCUT2D eigenvalue weighted by molar-refractivity contribution is 6.33. The fraction of sp³-hybridized carbons (Fsp3) is 0.541. The second-order valence-electron chi connectivity index (χ2n) is 12.4. The zero-order chi connectivity index (χ0) is 34.5. The fourth-order valence-electron chi connectivity index (χ4n) is 6.70. The SMILES string of the molecule is C/C=C(\C=C(\F)C(=O)C(C)CC)c1cc(F)c2c(c1)CCC2Nc1nc(N/C(CC)=N\[C@@]23CCC[C@@H]2C(O)CO3)c(C)cc1Cl.CC. The molecule has 3 unspecified atom stereocenters. The lowest BCUT2D eigenvalue weighted by atomic mass is 9.96. The molecular weight excluding hydrogens is 622 g/mol. The first-order valence-electron chi connectivity index (χ1n) is 17.0. The molecule has 1 aliphatic heterocycles. The van der Waals surface area contributed by atoms with E-state index in [2.05, 4.69) is 10.6 Å². The number of nitrogens with one attached hydrogen (secondary N) is 2. The Balaban J connectivity index is 0.00000245. The third-order valence-electron chi connectivity index (χ3n) is 9.49. The summed E-state index contributed by atoms with van der Waals surface area (Å²) in [5.74, 6) is -0.504. The van der Waals surface area contributed by atoms with Crippen molar-refractivity contribution in [1.29, 1.82) is 0 Å². The van der Waals surface area contributed by atoms with Gasteiger partial charge in [0.1, 0.15) is 23.3 Å². The Morgan fingerprint density at radius 3 is 2.68 bits per heavy atom. The number of benzene rings is 1.